The van der Waals surface area contributed by atoms with E-state index in [1.54, 1.807) is 11.0 Å². The maximum absolute atomic E-state index is 13.0. The summed E-state index contributed by atoms with van der Waals surface area (Å²) in [6, 6.07) is 19.9. The van der Waals surface area contributed by atoms with Gasteiger partial charge in [0.1, 0.15) is 6.04 Å². The fourth-order valence-electron chi connectivity index (χ4n) is 3.18. The number of benzene rings is 2. The molecule has 0 saturated carbocycles. The number of carbonyl (C=O) groups is 2. The van der Waals surface area contributed by atoms with Crippen molar-refractivity contribution >= 4 is 11.8 Å². The molecule has 0 aliphatic heterocycles. The number of hydrogen-bond donors (Lipinski definition) is 1. The Bertz CT molecular complexity index is 916. The van der Waals surface area contributed by atoms with Crippen LogP contribution in [0.15, 0.2) is 79.1 Å². The summed E-state index contributed by atoms with van der Waals surface area (Å²) in [4.78, 5) is 27.7. The van der Waals surface area contributed by atoms with Crippen LogP contribution in [0.25, 0.3) is 5.69 Å². The molecule has 0 unspecified atom stereocenters. The minimum atomic E-state index is -0.719. The lowest BCUT2D eigenvalue weighted by atomic mass is 10.0. The Labute approximate surface area is 165 Å². The quantitative estimate of drug-likeness (QED) is 0.683. The first-order valence-electron chi connectivity index (χ1n) is 9.52. The SMILES string of the molecule is CCN(CC)C(=O)[C@@H](NC(=O)c1cccc(-n2cccc2)c1)c1ccccc1. The van der Waals surface area contributed by atoms with Crippen LogP contribution >= 0.6 is 0 Å². The molecule has 0 spiro atoms. The summed E-state index contributed by atoms with van der Waals surface area (Å²) in [5.74, 6) is -0.380. The molecule has 1 heterocycles. The number of aromatic nitrogens is 1. The molecule has 5 heteroatoms. The molecule has 1 N–H and O–H groups in total. The number of nitrogens with zero attached hydrogens (tertiary/aromatic N) is 2. The molecule has 28 heavy (non-hydrogen) atoms. The predicted molar refractivity (Wildman–Crippen MR) is 110 cm³/mol. The molecule has 144 valence electrons. The molecule has 0 fully saturated rings. The molecule has 0 bridgehead atoms. The Hall–Kier alpha value is -3.34. The molecule has 0 saturated heterocycles. The van der Waals surface area contributed by atoms with Gasteiger partial charge in [0.2, 0.25) is 5.91 Å². The largest absolute Gasteiger partial charge is 0.341 e. The lowest BCUT2D eigenvalue weighted by Gasteiger charge is -2.26. The van der Waals surface area contributed by atoms with Crippen LogP contribution in [-0.4, -0.2) is 34.4 Å². The molecular weight excluding hydrogens is 350 g/mol. The summed E-state index contributed by atoms with van der Waals surface area (Å²) in [6.45, 7) is 5.06. The Kier molecular flexibility index (Phi) is 6.27. The Morgan fingerprint density at radius 1 is 0.929 bits per heavy atom. The third kappa shape index (κ3) is 4.31. The van der Waals surface area contributed by atoms with Gasteiger partial charge >= 0.3 is 0 Å². The van der Waals surface area contributed by atoms with Crippen LogP contribution in [0.1, 0.15) is 35.8 Å². The topological polar surface area (TPSA) is 54.3 Å². The third-order valence-electron chi connectivity index (χ3n) is 4.74. The molecule has 1 atom stereocenters. The summed E-state index contributed by atoms with van der Waals surface area (Å²) in [6.07, 6.45) is 3.85. The lowest BCUT2D eigenvalue weighted by Crippen LogP contribution is -2.42. The van der Waals surface area contributed by atoms with Gasteiger partial charge in [-0.2, -0.15) is 0 Å². The highest BCUT2D eigenvalue weighted by Crippen LogP contribution is 2.18. The van der Waals surface area contributed by atoms with E-state index in [2.05, 4.69) is 5.32 Å². The van der Waals surface area contributed by atoms with Crippen molar-refractivity contribution in [1.29, 1.82) is 0 Å². The maximum atomic E-state index is 13.0. The molecule has 5 nitrogen and oxygen atoms in total. The van der Waals surface area contributed by atoms with Gasteiger partial charge in [-0.3, -0.25) is 9.59 Å². The highest BCUT2D eigenvalue weighted by Gasteiger charge is 2.26. The molecule has 0 aliphatic rings. The van der Waals surface area contributed by atoms with E-state index in [1.165, 1.54) is 0 Å². The first-order chi connectivity index (χ1) is 13.6. The second-order valence-corrected chi connectivity index (χ2v) is 6.47. The number of nitrogens with one attached hydrogen (secondary N) is 1. The van der Waals surface area contributed by atoms with Gasteiger partial charge in [-0.1, -0.05) is 36.4 Å². The average molecular weight is 375 g/mol. The summed E-state index contributed by atoms with van der Waals surface area (Å²) < 4.78 is 1.94. The average Bonchev–Trinajstić information content (AvgIpc) is 3.28. The van der Waals surface area contributed by atoms with Crippen molar-refractivity contribution < 1.29 is 9.59 Å². The van der Waals surface area contributed by atoms with Gasteiger partial charge in [-0.05, 0) is 49.7 Å². The minimum absolute atomic E-state index is 0.105. The second-order valence-electron chi connectivity index (χ2n) is 6.47. The fraction of sp³-hybridized carbons (Fsp3) is 0.217. The number of carbonyl (C=O) groups excluding carboxylic acids is 2. The molecule has 3 rings (SSSR count). The van der Waals surface area contributed by atoms with Crippen LogP contribution < -0.4 is 5.32 Å². The standard InChI is InChI=1S/C23H25N3O2/c1-3-25(4-2)23(28)21(18-11-6-5-7-12-18)24-22(27)19-13-10-14-20(17-19)26-15-8-9-16-26/h5-17,21H,3-4H2,1-2H3,(H,24,27)/t21-/m0/s1. The van der Waals surface area contributed by atoms with Crippen molar-refractivity contribution in [2.75, 3.05) is 13.1 Å². The first-order valence-corrected chi connectivity index (χ1v) is 9.52. The maximum Gasteiger partial charge on any atom is 0.252 e. The van der Waals surface area contributed by atoms with E-state index in [0.717, 1.165) is 11.3 Å². The zero-order chi connectivity index (χ0) is 19.9. The van der Waals surface area contributed by atoms with Gasteiger partial charge in [0.25, 0.3) is 5.91 Å². The van der Waals surface area contributed by atoms with E-state index in [1.807, 2.05) is 91.5 Å². The van der Waals surface area contributed by atoms with Crippen molar-refractivity contribution in [3.8, 4) is 5.69 Å². The zero-order valence-electron chi connectivity index (χ0n) is 16.2. The van der Waals surface area contributed by atoms with Crippen molar-refractivity contribution in [3.05, 3.63) is 90.3 Å². The Morgan fingerprint density at radius 2 is 1.61 bits per heavy atom. The predicted octanol–water partition coefficient (Wildman–Crippen LogP) is 3.82. The number of hydrogen-bond acceptors (Lipinski definition) is 2. The molecule has 2 aromatic carbocycles. The zero-order valence-corrected chi connectivity index (χ0v) is 16.2. The Morgan fingerprint density at radius 3 is 2.25 bits per heavy atom. The van der Waals surface area contributed by atoms with Crippen molar-refractivity contribution in [2.24, 2.45) is 0 Å². The van der Waals surface area contributed by atoms with Gasteiger partial charge in [0.05, 0.1) is 0 Å². The summed E-state index contributed by atoms with van der Waals surface area (Å²) in [5, 5.41) is 2.93. The van der Waals surface area contributed by atoms with Crippen molar-refractivity contribution in [3.63, 3.8) is 0 Å². The summed E-state index contributed by atoms with van der Waals surface area (Å²) >= 11 is 0. The van der Waals surface area contributed by atoms with E-state index in [4.69, 9.17) is 0 Å². The highest BCUT2D eigenvalue weighted by molar-refractivity contribution is 5.98. The molecule has 3 aromatic rings. The normalized spacial score (nSPS) is 11.6. The second kappa shape index (κ2) is 9.04. The van der Waals surface area contributed by atoms with Gasteiger partial charge in [-0.25, -0.2) is 0 Å². The van der Waals surface area contributed by atoms with Gasteiger partial charge in [-0.15, -0.1) is 0 Å². The van der Waals surface area contributed by atoms with Crippen LogP contribution in [0.3, 0.4) is 0 Å². The first kappa shape index (κ1) is 19.4. The van der Waals surface area contributed by atoms with Crippen LogP contribution in [0.2, 0.25) is 0 Å². The molecular formula is C23H25N3O2. The Balaban J connectivity index is 1.87. The summed E-state index contributed by atoms with van der Waals surface area (Å²) in [7, 11) is 0. The van der Waals surface area contributed by atoms with Crippen LogP contribution in [0.5, 0.6) is 0 Å². The van der Waals surface area contributed by atoms with Crippen molar-refractivity contribution in [1.82, 2.24) is 14.8 Å². The highest BCUT2D eigenvalue weighted by atomic mass is 16.2. The monoisotopic (exact) mass is 375 g/mol. The van der Waals surface area contributed by atoms with Crippen LogP contribution in [-0.2, 0) is 4.79 Å². The number of amides is 2. The fourth-order valence-corrected chi connectivity index (χ4v) is 3.18. The molecule has 0 aliphatic carbocycles. The smallest absolute Gasteiger partial charge is 0.252 e. The van der Waals surface area contributed by atoms with Gasteiger partial charge < -0.3 is 14.8 Å². The van der Waals surface area contributed by atoms with Crippen molar-refractivity contribution in [2.45, 2.75) is 19.9 Å². The van der Waals surface area contributed by atoms with E-state index >= 15 is 0 Å². The third-order valence-corrected chi connectivity index (χ3v) is 4.74. The van der Waals surface area contributed by atoms with Gasteiger partial charge in [0, 0.05) is 36.7 Å². The molecule has 0 radical (unpaired) electrons. The van der Waals surface area contributed by atoms with Gasteiger partial charge in [0.15, 0.2) is 0 Å². The summed E-state index contributed by atoms with van der Waals surface area (Å²) in [5.41, 5.74) is 2.18. The molecule has 2 amide bonds. The van der Waals surface area contributed by atoms with E-state index in [0.29, 0.717) is 18.7 Å². The van der Waals surface area contributed by atoms with E-state index in [-0.39, 0.29) is 11.8 Å². The van der Waals surface area contributed by atoms with Crippen LogP contribution in [0.4, 0.5) is 0 Å². The van der Waals surface area contributed by atoms with E-state index in [9.17, 15) is 9.59 Å². The number of rotatable bonds is 7. The van der Waals surface area contributed by atoms with E-state index < -0.39 is 6.04 Å². The number of likely N-dealkylation sites (N-methyl/N-ethyl adjacent to an activating group) is 1. The lowest BCUT2D eigenvalue weighted by molar-refractivity contribution is -0.133. The minimum Gasteiger partial charge on any atom is -0.341 e. The van der Waals surface area contributed by atoms with Crippen LogP contribution in [0, 0.1) is 0 Å². The molecule has 1 aromatic heterocycles.